The Bertz CT molecular complexity index is 468. The molecular formula is C15H28N4O. The van der Waals surface area contributed by atoms with E-state index in [-0.39, 0.29) is 17.6 Å². The molecule has 1 aromatic rings. The average Bonchev–Trinajstić information content (AvgIpc) is 2.33. The highest BCUT2D eigenvalue weighted by molar-refractivity contribution is 5.56. The topological polar surface area (TPSA) is 84.1 Å². The van der Waals surface area contributed by atoms with Crippen LogP contribution in [0.3, 0.4) is 0 Å². The van der Waals surface area contributed by atoms with Crippen molar-refractivity contribution in [1.82, 2.24) is 9.97 Å². The van der Waals surface area contributed by atoms with E-state index in [0.29, 0.717) is 12.2 Å². The molecule has 1 rings (SSSR count). The number of anilines is 2. The lowest BCUT2D eigenvalue weighted by Crippen LogP contribution is -2.36. The van der Waals surface area contributed by atoms with E-state index in [0.717, 1.165) is 23.6 Å². The van der Waals surface area contributed by atoms with Gasteiger partial charge >= 0.3 is 0 Å². The molecule has 114 valence electrons. The van der Waals surface area contributed by atoms with Gasteiger partial charge in [-0.2, -0.15) is 0 Å². The standard InChI is InChI=1S/C15H28N4O/c1-7-15(6,8-9-20)19-12-10(2)11(16)17-13(18-12)14(3,4)5/h20H,7-9H2,1-6H3,(H3,16,17,18,19). The van der Waals surface area contributed by atoms with Crippen molar-refractivity contribution < 1.29 is 5.11 Å². The SMILES string of the molecule is CCC(C)(CCO)Nc1nc(C(C)(C)C)nc(N)c1C. The van der Waals surface area contributed by atoms with Crippen LogP contribution < -0.4 is 11.1 Å². The van der Waals surface area contributed by atoms with Crippen LogP contribution in [0.1, 0.15) is 58.8 Å². The monoisotopic (exact) mass is 280 g/mol. The fraction of sp³-hybridized carbons (Fsp3) is 0.733. The van der Waals surface area contributed by atoms with Crippen molar-refractivity contribution in [2.45, 2.75) is 65.3 Å². The minimum Gasteiger partial charge on any atom is -0.396 e. The number of aromatic nitrogens is 2. The number of hydrogen-bond acceptors (Lipinski definition) is 5. The quantitative estimate of drug-likeness (QED) is 0.772. The van der Waals surface area contributed by atoms with Crippen LogP contribution in [0.4, 0.5) is 11.6 Å². The van der Waals surface area contributed by atoms with Crippen molar-refractivity contribution in [1.29, 1.82) is 0 Å². The Morgan fingerprint density at radius 2 is 1.80 bits per heavy atom. The summed E-state index contributed by atoms with van der Waals surface area (Å²) in [5.74, 6) is 2.00. The van der Waals surface area contributed by atoms with Gasteiger partial charge in [0.05, 0.1) is 0 Å². The number of rotatable bonds is 5. The molecular weight excluding hydrogens is 252 g/mol. The third-order valence-corrected chi connectivity index (χ3v) is 3.72. The first kappa shape index (κ1) is 16.7. The van der Waals surface area contributed by atoms with Gasteiger partial charge in [0.25, 0.3) is 0 Å². The van der Waals surface area contributed by atoms with Crippen LogP contribution in [0.15, 0.2) is 0 Å². The molecule has 4 N–H and O–H groups in total. The van der Waals surface area contributed by atoms with Crippen molar-refractivity contribution in [3.05, 3.63) is 11.4 Å². The van der Waals surface area contributed by atoms with Crippen molar-refractivity contribution >= 4 is 11.6 Å². The summed E-state index contributed by atoms with van der Waals surface area (Å²) in [7, 11) is 0. The Morgan fingerprint density at radius 1 is 1.20 bits per heavy atom. The van der Waals surface area contributed by atoms with E-state index >= 15 is 0 Å². The summed E-state index contributed by atoms with van der Waals surface area (Å²) in [4.78, 5) is 9.02. The number of nitrogens with one attached hydrogen (secondary N) is 1. The van der Waals surface area contributed by atoms with Crippen LogP contribution in [0, 0.1) is 6.92 Å². The first-order valence-electron chi connectivity index (χ1n) is 7.16. The molecule has 0 aromatic carbocycles. The van der Waals surface area contributed by atoms with E-state index < -0.39 is 0 Å². The lowest BCUT2D eigenvalue weighted by molar-refractivity contribution is 0.251. The number of nitrogens with two attached hydrogens (primary N) is 1. The third kappa shape index (κ3) is 3.82. The van der Waals surface area contributed by atoms with Gasteiger partial charge in [-0.3, -0.25) is 0 Å². The third-order valence-electron chi connectivity index (χ3n) is 3.72. The smallest absolute Gasteiger partial charge is 0.138 e. The van der Waals surface area contributed by atoms with Gasteiger partial charge in [0, 0.05) is 23.1 Å². The Labute approximate surface area is 122 Å². The molecule has 0 spiro atoms. The first-order valence-corrected chi connectivity index (χ1v) is 7.16. The summed E-state index contributed by atoms with van der Waals surface area (Å²) in [6, 6.07) is 0. The fourth-order valence-electron chi connectivity index (χ4n) is 1.85. The lowest BCUT2D eigenvalue weighted by atomic mass is 9.94. The Hall–Kier alpha value is -1.36. The Morgan fingerprint density at radius 3 is 2.25 bits per heavy atom. The molecule has 0 fully saturated rings. The van der Waals surface area contributed by atoms with Gasteiger partial charge in [-0.15, -0.1) is 0 Å². The van der Waals surface area contributed by atoms with Crippen molar-refractivity contribution in [3.63, 3.8) is 0 Å². The van der Waals surface area contributed by atoms with Crippen LogP contribution in [-0.2, 0) is 5.41 Å². The van der Waals surface area contributed by atoms with E-state index in [9.17, 15) is 5.11 Å². The Balaban J connectivity index is 3.20. The number of hydrogen-bond donors (Lipinski definition) is 3. The molecule has 0 aliphatic carbocycles. The van der Waals surface area contributed by atoms with Crippen LogP contribution >= 0.6 is 0 Å². The fourth-order valence-corrected chi connectivity index (χ4v) is 1.85. The van der Waals surface area contributed by atoms with Crippen molar-refractivity contribution in [3.8, 4) is 0 Å². The van der Waals surface area contributed by atoms with Crippen LogP contribution in [0.25, 0.3) is 0 Å². The number of nitrogens with zero attached hydrogens (tertiary/aromatic N) is 2. The van der Waals surface area contributed by atoms with Gasteiger partial charge in [0.2, 0.25) is 0 Å². The number of aliphatic hydroxyl groups excluding tert-OH is 1. The normalized spacial score (nSPS) is 14.9. The summed E-state index contributed by atoms with van der Waals surface area (Å²) in [6.45, 7) is 12.4. The number of aliphatic hydroxyl groups is 1. The van der Waals surface area contributed by atoms with E-state index in [2.05, 4.69) is 49.9 Å². The summed E-state index contributed by atoms with van der Waals surface area (Å²) in [5, 5.41) is 12.7. The van der Waals surface area contributed by atoms with Gasteiger partial charge in [-0.05, 0) is 26.7 Å². The molecule has 5 nitrogen and oxygen atoms in total. The molecule has 20 heavy (non-hydrogen) atoms. The summed E-state index contributed by atoms with van der Waals surface area (Å²) >= 11 is 0. The second-order valence-electron chi connectivity index (χ2n) is 6.67. The van der Waals surface area contributed by atoms with Crippen LogP contribution in [0.5, 0.6) is 0 Å². The van der Waals surface area contributed by atoms with Gasteiger partial charge < -0.3 is 16.2 Å². The van der Waals surface area contributed by atoms with Crippen molar-refractivity contribution in [2.75, 3.05) is 17.7 Å². The maximum Gasteiger partial charge on any atom is 0.138 e. The highest BCUT2D eigenvalue weighted by Crippen LogP contribution is 2.28. The van der Waals surface area contributed by atoms with Gasteiger partial charge in [-0.1, -0.05) is 27.7 Å². The second kappa shape index (κ2) is 5.95. The molecule has 1 heterocycles. The summed E-state index contributed by atoms with van der Waals surface area (Å²) < 4.78 is 0. The van der Waals surface area contributed by atoms with E-state index in [1.54, 1.807) is 0 Å². The molecule has 5 heteroatoms. The predicted octanol–water partition coefficient (Wildman–Crippen LogP) is 2.63. The molecule has 0 saturated heterocycles. The minimum absolute atomic E-state index is 0.142. The molecule has 0 saturated carbocycles. The Kier molecular flexibility index (Phi) is 4.97. The molecule has 1 atom stereocenters. The van der Waals surface area contributed by atoms with Gasteiger partial charge in [-0.25, -0.2) is 9.97 Å². The molecule has 1 unspecified atom stereocenters. The molecule has 0 aliphatic heterocycles. The predicted molar refractivity (Wildman–Crippen MR) is 83.9 cm³/mol. The largest absolute Gasteiger partial charge is 0.396 e. The second-order valence-corrected chi connectivity index (χ2v) is 6.67. The zero-order chi connectivity index (χ0) is 15.6. The van der Waals surface area contributed by atoms with Crippen LogP contribution in [-0.4, -0.2) is 27.2 Å². The maximum atomic E-state index is 9.22. The minimum atomic E-state index is -0.199. The first-order chi connectivity index (χ1) is 9.13. The highest BCUT2D eigenvalue weighted by Gasteiger charge is 2.25. The molecule has 1 aromatic heterocycles. The van der Waals surface area contributed by atoms with Gasteiger partial charge in [0.1, 0.15) is 17.5 Å². The summed E-state index contributed by atoms with van der Waals surface area (Å²) in [5.41, 5.74) is 6.52. The van der Waals surface area contributed by atoms with Gasteiger partial charge in [0.15, 0.2) is 0 Å². The number of nitrogen functional groups attached to an aromatic ring is 1. The van der Waals surface area contributed by atoms with E-state index in [1.165, 1.54) is 0 Å². The van der Waals surface area contributed by atoms with E-state index in [4.69, 9.17) is 5.73 Å². The highest BCUT2D eigenvalue weighted by atomic mass is 16.3. The molecule has 0 bridgehead atoms. The molecule has 0 aliphatic rings. The average molecular weight is 280 g/mol. The molecule has 0 amide bonds. The van der Waals surface area contributed by atoms with Crippen molar-refractivity contribution in [2.24, 2.45) is 0 Å². The van der Waals surface area contributed by atoms with E-state index in [1.807, 2.05) is 6.92 Å². The zero-order valence-corrected chi connectivity index (χ0v) is 13.5. The zero-order valence-electron chi connectivity index (χ0n) is 13.5. The van der Waals surface area contributed by atoms with Crippen LogP contribution in [0.2, 0.25) is 0 Å². The molecule has 0 radical (unpaired) electrons. The summed E-state index contributed by atoms with van der Waals surface area (Å²) in [6.07, 6.45) is 1.56. The lowest BCUT2D eigenvalue weighted by Gasteiger charge is -2.31. The maximum absolute atomic E-state index is 9.22.